The van der Waals surface area contributed by atoms with Gasteiger partial charge in [-0.1, -0.05) is 75.4 Å². The van der Waals surface area contributed by atoms with Crippen molar-refractivity contribution in [2.75, 3.05) is 26.2 Å². The second kappa shape index (κ2) is 10.1. The van der Waals surface area contributed by atoms with Crippen molar-refractivity contribution in [3.63, 3.8) is 0 Å². The number of carbonyl (C=O) groups is 3. The number of rotatable bonds is 6. The van der Waals surface area contributed by atoms with Gasteiger partial charge in [0.05, 0.1) is 23.2 Å². The van der Waals surface area contributed by atoms with Crippen LogP contribution in [0.2, 0.25) is 0 Å². The minimum Gasteiger partial charge on any atom is -0.395 e. The van der Waals surface area contributed by atoms with E-state index in [2.05, 4.69) is 46.8 Å². The van der Waals surface area contributed by atoms with E-state index in [1.165, 1.54) is 0 Å². The molecule has 2 saturated heterocycles. The Kier molecular flexibility index (Phi) is 7.27. The number of β-amino-alcohol motifs (C(OH)–C–C–N with tert-alkyl or cyclic N) is 1. The van der Waals surface area contributed by atoms with Crippen molar-refractivity contribution < 1.29 is 19.5 Å². The molecule has 5 rings (SSSR count). The van der Waals surface area contributed by atoms with E-state index in [1.807, 2.05) is 59.2 Å². The van der Waals surface area contributed by atoms with Gasteiger partial charge in [-0.15, -0.1) is 11.8 Å². The van der Waals surface area contributed by atoms with Gasteiger partial charge in [0.1, 0.15) is 6.04 Å². The van der Waals surface area contributed by atoms with E-state index in [9.17, 15) is 19.5 Å². The fraction of sp³-hybridized carbons (Fsp3) is 0.594. The molecule has 4 heterocycles. The maximum atomic E-state index is 14.6. The zero-order chi connectivity index (χ0) is 29.1. The highest BCUT2D eigenvalue weighted by Crippen LogP contribution is 2.65. The molecule has 0 saturated carbocycles. The molecule has 0 bridgehead atoms. The van der Waals surface area contributed by atoms with E-state index < -0.39 is 32.9 Å². The van der Waals surface area contributed by atoms with E-state index >= 15 is 0 Å². The van der Waals surface area contributed by atoms with Crippen molar-refractivity contribution in [1.82, 2.24) is 14.7 Å². The van der Waals surface area contributed by atoms with Gasteiger partial charge in [-0.3, -0.25) is 14.4 Å². The number of carbonyl (C=O) groups excluding carboxylic acids is 3. The molecule has 1 N–H and O–H groups in total. The fourth-order valence-corrected chi connectivity index (χ4v) is 9.96. The normalized spacial score (nSPS) is 32.2. The molecule has 0 aliphatic carbocycles. The number of benzene rings is 1. The summed E-state index contributed by atoms with van der Waals surface area (Å²) in [6, 6.07) is 9.11. The summed E-state index contributed by atoms with van der Waals surface area (Å²) < 4.78 is -1.54. The molecule has 2 fully saturated rings. The molecule has 4 aliphatic rings. The summed E-state index contributed by atoms with van der Waals surface area (Å²) in [5.41, 5.74) is 0.585. The second-order valence-corrected chi connectivity index (χ2v) is 15.6. The van der Waals surface area contributed by atoms with Crippen molar-refractivity contribution in [3.8, 4) is 0 Å². The molecule has 1 unspecified atom stereocenters. The Labute approximate surface area is 242 Å². The first-order chi connectivity index (χ1) is 18.7. The number of aliphatic hydroxyl groups excluding tert-OH is 1. The monoisotopic (exact) mass is 565 g/mol. The molecule has 0 radical (unpaired) electrons. The Bertz CT molecular complexity index is 1240. The molecular formula is C32H43N3O4S. The first-order valence-corrected chi connectivity index (χ1v) is 15.2. The largest absolute Gasteiger partial charge is 0.395 e. The van der Waals surface area contributed by atoms with Gasteiger partial charge in [-0.05, 0) is 38.2 Å². The number of likely N-dealkylation sites (tertiary alicyclic amines) is 1. The number of amides is 3. The smallest absolute Gasteiger partial charge is 0.247 e. The quantitative estimate of drug-likeness (QED) is 0.530. The third-order valence-corrected chi connectivity index (χ3v) is 10.7. The summed E-state index contributed by atoms with van der Waals surface area (Å²) in [5.74, 6) is -1.69. The highest BCUT2D eigenvalue weighted by molar-refractivity contribution is 8.02. The van der Waals surface area contributed by atoms with Crippen LogP contribution in [0.1, 0.15) is 53.5 Å². The van der Waals surface area contributed by atoms with Crippen molar-refractivity contribution in [3.05, 3.63) is 60.2 Å². The molecule has 1 aromatic carbocycles. The van der Waals surface area contributed by atoms with Crippen LogP contribution < -0.4 is 0 Å². The van der Waals surface area contributed by atoms with Crippen LogP contribution in [0.5, 0.6) is 0 Å². The summed E-state index contributed by atoms with van der Waals surface area (Å²) in [6.45, 7) is 13.9. The van der Waals surface area contributed by atoms with E-state index in [1.54, 1.807) is 16.7 Å². The van der Waals surface area contributed by atoms with Crippen LogP contribution in [0.3, 0.4) is 0 Å². The van der Waals surface area contributed by atoms with E-state index in [0.717, 1.165) is 12.0 Å². The molecule has 5 atom stereocenters. The average Bonchev–Trinajstić information content (AvgIpc) is 3.11. The summed E-state index contributed by atoms with van der Waals surface area (Å²) in [4.78, 5) is 48.5. The van der Waals surface area contributed by atoms with Gasteiger partial charge < -0.3 is 19.8 Å². The molecule has 216 valence electrons. The minimum absolute atomic E-state index is 0.00148. The fourth-order valence-electron chi connectivity index (χ4n) is 7.80. The number of aliphatic hydroxyl groups is 1. The number of fused-ring (bicyclic) bond motifs is 2. The van der Waals surface area contributed by atoms with Gasteiger partial charge in [-0.2, -0.15) is 0 Å². The second-order valence-electron chi connectivity index (χ2n) is 13.8. The Balaban J connectivity index is 1.57. The summed E-state index contributed by atoms with van der Waals surface area (Å²) >= 11 is 1.59. The SMILES string of the molecule is CC(C)(C)CC(C)(C)N1CC=C[C@]23S[C@@]4(C)C=CCN(Cc5ccccc5)C(=O)[C@H]4[C@H]2C(=O)N(CCO)C3C1=O. The predicted molar refractivity (Wildman–Crippen MR) is 158 cm³/mol. The zero-order valence-electron chi connectivity index (χ0n) is 24.6. The van der Waals surface area contributed by atoms with Crippen molar-refractivity contribution in [2.45, 2.75) is 75.6 Å². The Morgan fingerprint density at radius 3 is 2.25 bits per heavy atom. The van der Waals surface area contributed by atoms with Gasteiger partial charge in [-0.25, -0.2) is 0 Å². The lowest BCUT2D eigenvalue weighted by Gasteiger charge is -2.44. The van der Waals surface area contributed by atoms with Crippen LogP contribution >= 0.6 is 11.8 Å². The van der Waals surface area contributed by atoms with Crippen molar-refractivity contribution >= 4 is 29.5 Å². The first-order valence-electron chi connectivity index (χ1n) is 14.4. The van der Waals surface area contributed by atoms with Gasteiger partial charge in [0.25, 0.3) is 0 Å². The highest BCUT2D eigenvalue weighted by atomic mass is 32.2. The average molecular weight is 566 g/mol. The zero-order valence-corrected chi connectivity index (χ0v) is 25.4. The molecule has 1 aromatic rings. The van der Waals surface area contributed by atoms with Crippen LogP contribution in [0.4, 0.5) is 0 Å². The number of hydrogen-bond acceptors (Lipinski definition) is 5. The molecule has 40 heavy (non-hydrogen) atoms. The van der Waals surface area contributed by atoms with E-state index in [4.69, 9.17) is 0 Å². The maximum absolute atomic E-state index is 14.6. The molecular weight excluding hydrogens is 522 g/mol. The summed E-state index contributed by atoms with van der Waals surface area (Å²) in [7, 11) is 0. The van der Waals surface area contributed by atoms with Crippen LogP contribution in [-0.4, -0.2) is 84.8 Å². The molecule has 4 aliphatic heterocycles. The van der Waals surface area contributed by atoms with Crippen LogP contribution in [0.15, 0.2) is 54.6 Å². The lowest BCUT2D eigenvalue weighted by molar-refractivity contribution is -0.147. The predicted octanol–water partition coefficient (Wildman–Crippen LogP) is 3.88. The number of thioether (sulfide) groups is 1. The lowest BCUT2D eigenvalue weighted by Crippen LogP contribution is -2.59. The van der Waals surface area contributed by atoms with Crippen LogP contribution in [-0.2, 0) is 20.9 Å². The number of hydrogen-bond donors (Lipinski definition) is 1. The maximum Gasteiger partial charge on any atom is 0.247 e. The summed E-state index contributed by atoms with van der Waals surface area (Å²) in [5, 5.41) is 9.99. The van der Waals surface area contributed by atoms with Crippen molar-refractivity contribution in [1.29, 1.82) is 0 Å². The van der Waals surface area contributed by atoms with Gasteiger partial charge in [0.2, 0.25) is 17.7 Å². The minimum atomic E-state index is -0.898. The van der Waals surface area contributed by atoms with E-state index in [-0.39, 0.29) is 36.3 Å². The molecule has 7 nitrogen and oxygen atoms in total. The first kappa shape index (κ1) is 28.9. The van der Waals surface area contributed by atoms with Crippen molar-refractivity contribution in [2.24, 2.45) is 17.3 Å². The standard InChI is InChI=1S/C32H43N3O4S/c1-29(2,3)21-30(4,5)35-17-11-15-32-24(27(38)34(18-19-36)25(32)28(35)39)23-26(37)33(16-10-14-31(23,6)40-32)20-22-12-8-7-9-13-22/h7-15,23-25,36H,16-21H2,1-6H3/t23-,24+,25?,31+,32+/m1/s1. The topological polar surface area (TPSA) is 81.2 Å². The van der Waals surface area contributed by atoms with Crippen LogP contribution in [0, 0.1) is 17.3 Å². The highest BCUT2D eigenvalue weighted by Gasteiger charge is 2.74. The van der Waals surface area contributed by atoms with Crippen LogP contribution in [0.25, 0.3) is 0 Å². The number of nitrogens with zero attached hydrogens (tertiary/aromatic N) is 3. The van der Waals surface area contributed by atoms with E-state index in [0.29, 0.717) is 19.6 Å². The van der Waals surface area contributed by atoms with Gasteiger partial charge in [0, 0.05) is 36.5 Å². The Morgan fingerprint density at radius 2 is 1.60 bits per heavy atom. The lowest BCUT2D eigenvalue weighted by atomic mass is 9.74. The third kappa shape index (κ3) is 4.71. The Morgan fingerprint density at radius 1 is 0.925 bits per heavy atom. The summed E-state index contributed by atoms with van der Waals surface area (Å²) in [6.07, 6.45) is 9.00. The Hall–Kier alpha value is -2.58. The van der Waals surface area contributed by atoms with Gasteiger partial charge >= 0.3 is 0 Å². The molecule has 3 amide bonds. The molecule has 8 heteroatoms. The van der Waals surface area contributed by atoms with Gasteiger partial charge in [0.15, 0.2) is 0 Å². The molecule has 1 spiro atoms. The molecule has 0 aromatic heterocycles. The third-order valence-electron chi connectivity index (χ3n) is 8.89.